The maximum Gasteiger partial charge on any atom is 0.254 e. The van der Waals surface area contributed by atoms with E-state index in [2.05, 4.69) is 12.1 Å². The quantitative estimate of drug-likeness (QED) is 0.925. The molecule has 0 saturated carbocycles. The van der Waals surface area contributed by atoms with E-state index in [0.717, 1.165) is 36.6 Å². The highest BCUT2D eigenvalue weighted by Gasteiger charge is 2.29. The van der Waals surface area contributed by atoms with Crippen molar-refractivity contribution in [1.29, 1.82) is 0 Å². The van der Waals surface area contributed by atoms with Crippen LogP contribution in [0.25, 0.3) is 10.8 Å². The second-order valence-electron chi connectivity index (χ2n) is 6.60. The third kappa shape index (κ3) is 2.29. The third-order valence-corrected chi connectivity index (χ3v) is 5.22. The molecule has 1 aliphatic heterocycles. The van der Waals surface area contributed by atoms with Crippen molar-refractivity contribution in [3.63, 3.8) is 0 Å². The number of carbonyl (C=O) groups is 2. The van der Waals surface area contributed by atoms with Gasteiger partial charge in [0, 0.05) is 18.7 Å². The van der Waals surface area contributed by atoms with Crippen LogP contribution in [-0.4, -0.2) is 29.8 Å². The number of hydrogen-bond donors (Lipinski definition) is 1. The van der Waals surface area contributed by atoms with E-state index in [1.165, 1.54) is 16.5 Å². The van der Waals surface area contributed by atoms with Gasteiger partial charge in [-0.15, -0.1) is 0 Å². The summed E-state index contributed by atoms with van der Waals surface area (Å²) in [7, 11) is 0. The Balaban J connectivity index is 1.72. The Bertz CT molecular complexity index is 802. The van der Waals surface area contributed by atoms with Gasteiger partial charge in [0.25, 0.3) is 5.91 Å². The van der Waals surface area contributed by atoms with Gasteiger partial charge in [-0.05, 0) is 53.6 Å². The lowest BCUT2D eigenvalue weighted by Crippen LogP contribution is -2.44. The number of aryl methyl sites for hydroxylation is 2. The molecular weight excluding hydrogens is 288 g/mol. The fourth-order valence-corrected chi connectivity index (χ4v) is 4.00. The van der Waals surface area contributed by atoms with Crippen LogP contribution in [0.2, 0.25) is 0 Å². The summed E-state index contributed by atoms with van der Waals surface area (Å²) >= 11 is 0. The summed E-state index contributed by atoms with van der Waals surface area (Å²) in [5.41, 5.74) is 8.85. The molecule has 2 amide bonds. The van der Waals surface area contributed by atoms with E-state index in [1.54, 1.807) is 4.90 Å². The molecule has 1 heterocycles. The number of hydrogen-bond acceptors (Lipinski definition) is 2. The van der Waals surface area contributed by atoms with Crippen molar-refractivity contribution in [2.24, 2.45) is 11.7 Å². The molecule has 4 nitrogen and oxygen atoms in total. The first-order chi connectivity index (χ1) is 11.1. The van der Waals surface area contributed by atoms with Gasteiger partial charge in [-0.2, -0.15) is 0 Å². The van der Waals surface area contributed by atoms with Crippen LogP contribution in [0, 0.1) is 5.92 Å². The summed E-state index contributed by atoms with van der Waals surface area (Å²) < 4.78 is 0. The molecule has 1 fully saturated rings. The molecule has 4 rings (SSSR count). The highest BCUT2D eigenvalue weighted by Crippen LogP contribution is 2.33. The Morgan fingerprint density at radius 2 is 1.87 bits per heavy atom. The number of carbonyl (C=O) groups excluding carboxylic acids is 2. The Kier molecular flexibility index (Phi) is 3.33. The fourth-order valence-electron chi connectivity index (χ4n) is 4.00. The predicted octanol–water partition coefficient (Wildman–Crippen LogP) is 2.28. The van der Waals surface area contributed by atoms with Gasteiger partial charge in [0.05, 0.1) is 5.92 Å². The van der Waals surface area contributed by atoms with Crippen LogP contribution in [0.1, 0.15) is 34.3 Å². The smallest absolute Gasteiger partial charge is 0.254 e. The number of piperidine rings is 1. The summed E-state index contributed by atoms with van der Waals surface area (Å²) in [6.45, 7) is 1.14. The first-order valence-electron chi connectivity index (χ1n) is 8.27. The van der Waals surface area contributed by atoms with Crippen LogP contribution in [0.5, 0.6) is 0 Å². The second kappa shape index (κ2) is 5.37. The molecule has 0 bridgehead atoms. The predicted molar refractivity (Wildman–Crippen MR) is 89.2 cm³/mol. The molecule has 2 aromatic carbocycles. The maximum atomic E-state index is 13.0. The lowest BCUT2D eigenvalue weighted by molar-refractivity contribution is -0.123. The highest BCUT2D eigenvalue weighted by molar-refractivity contribution is 6.09. The van der Waals surface area contributed by atoms with E-state index in [1.807, 2.05) is 18.2 Å². The van der Waals surface area contributed by atoms with Gasteiger partial charge in [-0.25, -0.2) is 0 Å². The Morgan fingerprint density at radius 3 is 2.65 bits per heavy atom. The third-order valence-electron chi connectivity index (χ3n) is 5.22. The minimum atomic E-state index is -0.303. The van der Waals surface area contributed by atoms with E-state index in [9.17, 15) is 9.59 Å². The lowest BCUT2D eigenvalue weighted by atomic mass is 9.95. The Morgan fingerprint density at radius 1 is 1.09 bits per heavy atom. The number of likely N-dealkylation sites (tertiary alicyclic amines) is 1. The zero-order valence-corrected chi connectivity index (χ0v) is 13.0. The fraction of sp³-hybridized carbons (Fsp3) is 0.368. The van der Waals surface area contributed by atoms with Crippen LogP contribution < -0.4 is 5.73 Å². The molecule has 1 atom stereocenters. The average Bonchev–Trinajstić information content (AvgIpc) is 3.00. The SMILES string of the molecule is NC(=O)C1CCCN(C(=O)c2ccc3c4c(cccc24)CC3)C1. The van der Waals surface area contributed by atoms with Crippen molar-refractivity contribution in [2.75, 3.05) is 13.1 Å². The zero-order chi connectivity index (χ0) is 16.0. The highest BCUT2D eigenvalue weighted by atomic mass is 16.2. The van der Waals surface area contributed by atoms with E-state index >= 15 is 0 Å². The summed E-state index contributed by atoms with van der Waals surface area (Å²) in [4.78, 5) is 26.2. The molecule has 1 aliphatic carbocycles. The zero-order valence-electron chi connectivity index (χ0n) is 13.0. The van der Waals surface area contributed by atoms with E-state index < -0.39 is 0 Å². The maximum absolute atomic E-state index is 13.0. The van der Waals surface area contributed by atoms with Crippen molar-refractivity contribution in [3.8, 4) is 0 Å². The van der Waals surface area contributed by atoms with E-state index in [-0.39, 0.29) is 17.7 Å². The van der Waals surface area contributed by atoms with Gasteiger partial charge in [-0.3, -0.25) is 9.59 Å². The normalized spacial score (nSPS) is 20.0. The topological polar surface area (TPSA) is 63.4 Å². The van der Waals surface area contributed by atoms with E-state index in [4.69, 9.17) is 5.73 Å². The van der Waals surface area contributed by atoms with Gasteiger partial charge in [-0.1, -0.05) is 24.3 Å². The van der Waals surface area contributed by atoms with E-state index in [0.29, 0.717) is 13.1 Å². The lowest BCUT2D eigenvalue weighted by Gasteiger charge is -2.31. The van der Waals surface area contributed by atoms with Crippen LogP contribution in [0.3, 0.4) is 0 Å². The van der Waals surface area contributed by atoms with Crippen molar-refractivity contribution < 1.29 is 9.59 Å². The second-order valence-corrected chi connectivity index (χ2v) is 6.60. The summed E-state index contributed by atoms with van der Waals surface area (Å²) in [6, 6.07) is 10.3. The standard InChI is InChI=1S/C19H20N2O2/c20-18(22)14-4-2-10-21(11-14)19(23)16-9-8-13-7-6-12-3-1-5-15(16)17(12)13/h1,3,5,8-9,14H,2,4,6-7,10-11H2,(H2,20,22). The van der Waals surface area contributed by atoms with Crippen molar-refractivity contribution >= 4 is 22.6 Å². The van der Waals surface area contributed by atoms with Gasteiger partial charge in [0.1, 0.15) is 0 Å². The molecule has 0 radical (unpaired) electrons. The van der Waals surface area contributed by atoms with Crippen molar-refractivity contribution in [1.82, 2.24) is 4.90 Å². The molecule has 4 heteroatoms. The number of primary amides is 1. The number of nitrogens with two attached hydrogens (primary N) is 1. The summed E-state index contributed by atoms with van der Waals surface area (Å²) in [5.74, 6) is -0.501. The van der Waals surface area contributed by atoms with Crippen LogP contribution in [-0.2, 0) is 17.6 Å². The molecule has 1 unspecified atom stereocenters. The molecule has 1 saturated heterocycles. The number of nitrogens with zero attached hydrogens (tertiary/aromatic N) is 1. The molecule has 0 aromatic heterocycles. The van der Waals surface area contributed by atoms with Crippen LogP contribution in [0.4, 0.5) is 0 Å². The monoisotopic (exact) mass is 308 g/mol. The molecule has 118 valence electrons. The van der Waals surface area contributed by atoms with Gasteiger partial charge in [0.15, 0.2) is 0 Å². The minimum absolute atomic E-state index is 0.0200. The Labute approximate surface area is 135 Å². The summed E-state index contributed by atoms with van der Waals surface area (Å²) in [5, 5.41) is 2.30. The number of amides is 2. The van der Waals surface area contributed by atoms with Gasteiger partial charge < -0.3 is 10.6 Å². The molecule has 0 spiro atoms. The molecule has 2 aromatic rings. The van der Waals surface area contributed by atoms with Crippen molar-refractivity contribution in [2.45, 2.75) is 25.7 Å². The average molecular weight is 308 g/mol. The number of benzene rings is 2. The van der Waals surface area contributed by atoms with Crippen LogP contribution >= 0.6 is 0 Å². The first-order valence-corrected chi connectivity index (χ1v) is 8.27. The molecular formula is C19H20N2O2. The van der Waals surface area contributed by atoms with Crippen molar-refractivity contribution in [3.05, 3.63) is 47.0 Å². The summed E-state index contributed by atoms with van der Waals surface area (Å²) in [6.07, 6.45) is 3.72. The van der Waals surface area contributed by atoms with Gasteiger partial charge in [0.2, 0.25) is 5.91 Å². The largest absolute Gasteiger partial charge is 0.369 e. The minimum Gasteiger partial charge on any atom is -0.369 e. The molecule has 2 N–H and O–H groups in total. The number of rotatable bonds is 2. The molecule has 23 heavy (non-hydrogen) atoms. The van der Waals surface area contributed by atoms with Crippen LogP contribution in [0.15, 0.2) is 30.3 Å². The van der Waals surface area contributed by atoms with Gasteiger partial charge >= 0.3 is 0 Å². The molecule has 2 aliphatic rings. The first kappa shape index (κ1) is 14.2. The Hall–Kier alpha value is -2.36.